The van der Waals surface area contributed by atoms with E-state index in [2.05, 4.69) is 5.10 Å². The zero-order valence-electron chi connectivity index (χ0n) is 8.16. The molecule has 4 nitrogen and oxygen atoms in total. The third-order valence-electron chi connectivity index (χ3n) is 1.98. The number of aromatic hydroxyl groups is 1. The van der Waals surface area contributed by atoms with Crippen LogP contribution in [0.2, 0.25) is 0 Å². The SMILES string of the molecule is O=C1CSC(=S)N1/N=C/c1ccccc1O. The molecule has 0 saturated carbocycles. The summed E-state index contributed by atoms with van der Waals surface area (Å²) in [7, 11) is 0. The molecule has 0 aliphatic carbocycles. The number of para-hydroxylation sites is 1. The Bertz CT molecular complexity index is 458. The summed E-state index contributed by atoms with van der Waals surface area (Å²) in [6.07, 6.45) is 1.42. The maximum atomic E-state index is 11.3. The molecular weight excluding hydrogens is 244 g/mol. The fourth-order valence-corrected chi connectivity index (χ4v) is 2.14. The minimum atomic E-state index is -0.137. The first-order valence-corrected chi connectivity index (χ1v) is 5.89. The van der Waals surface area contributed by atoms with E-state index < -0.39 is 0 Å². The van der Waals surface area contributed by atoms with Crippen molar-refractivity contribution in [3.63, 3.8) is 0 Å². The summed E-state index contributed by atoms with van der Waals surface area (Å²) in [5.41, 5.74) is 0.551. The molecule has 1 heterocycles. The van der Waals surface area contributed by atoms with Gasteiger partial charge in [-0.1, -0.05) is 36.1 Å². The van der Waals surface area contributed by atoms with E-state index in [0.717, 1.165) is 0 Å². The number of hydrazone groups is 1. The molecule has 0 radical (unpaired) electrons. The zero-order chi connectivity index (χ0) is 11.5. The highest BCUT2D eigenvalue weighted by atomic mass is 32.2. The van der Waals surface area contributed by atoms with Crippen molar-refractivity contribution in [2.24, 2.45) is 5.10 Å². The molecule has 1 fully saturated rings. The predicted octanol–water partition coefficient (Wildman–Crippen LogP) is 1.59. The molecule has 1 amide bonds. The van der Waals surface area contributed by atoms with Crippen LogP contribution in [0.5, 0.6) is 5.75 Å². The van der Waals surface area contributed by atoms with E-state index in [4.69, 9.17) is 12.2 Å². The zero-order valence-corrected chi connectivity index (χ0v) is 9.79. The number of thiocarbonyl (C=S) groups is 1. The Morgan fingerprint density at radius 2 is 2.25 bits per heavy atom. The minimum Gasteiger partial charge on any atom is -0.507 e. The number of phenols is 1. The Hall–Kier alpha value is -1.40. The average molecular weight is 252 g/mol. The van der Waals surface area contributed by atoms with Crippen molar-refractivity contribution in [2.75, 3.05) is 5.75 Å². The number of hydrogen-bond acceptors (Lipinski definition) is 5. The smallest absolute Gasteiger partial charge is 0.259 e. The first-order valence-electron chi connectivity index (χ1n) is 4.50. The van der Waals surface area contributed by atoms with Gasteiger partial charge in [0.15, 0.2) is 4.32 Å². The summed E-state index contributed by atoms with van der Waals surface area (Å²) in [6, 6.07) is 6.75. The molecule has 1 N–H and O–H groups in total. The van der Waals surface area contributed by atoms with Crippen molar-refractivity contribution in [2.45, 2.75) is 0 Å². The number of benzene rings is 1. The predicted molar refractivity (Wildman–Crippen MR) is 67.6 cm³/mol. The lowest BCUT2D eigenvalue weighted by Crippen LogP contribution is -2.22. The van der Waals surface area contributed by atoms with Crippen LogP contribution < -0.4 is 0 Å². The van der Waals surface area contributed by atoms with Gasteiger partial charge >= 0.3 is 0 Å². The van der Waals surface area contributed by atoms with E-state index in [-0.39, 0.29) is 11.7 Å². The molecule has 1 aromatic rings. The Kier molecular flexibility index (Phi) is 3.21. The lowest BCUT2D eigenvalue weighted by Gasteiger charge is -2.06. The van der Waals surface area contributed by atoms with Gasteiger partial charge in [-0.25, -0.2) is 0 Å². The van der Waals surface area contributed by atoms with Gasteiger partial charge in [0.1, 0.15) is 5.75 Å². The number of rotatable bonds is 2. The Morgan fingerprint density at radius 1 is 1.50 bits per heavy atom. The molecule has 1 aliphatic heterocycles. The van der Waals surface area contributed by atoms with Crippen LogP contribution in [-0.2, 0) is 4.79 Å². The van der Waals surface area contributed by atoms with Gasteiger partial charge in [-0.05, 0) is 12.1 Å². The summed E-state index contributed by atoms with van der Waals surface area (Å²) >= 11 is 6.24. The van der Waals surface area contributed by atoms with Crippen molar-refractivity contribution in [1.82, 2.24) is 5.01 Å². The fourth-order valence-electron chi connectivity index (χ4n) is 1.18. The van der Waals surface area contributed by atoms with Gasteiger partial charge in [0.25, 0.3) is 5.91 Å². The second-order valence-corrected chi connectivity index (χ2v) is 4.67. The van der Waals surface area contributed by atoms with E-state index in [1.807, 2.05) is 0 Å². The Morgan fingerprint density at radius 3 is 2.88 bits per heavy atom. The Balaban J connectivity index is 2.18. The van der Waals surface area contributed by atoms with Gasteiger partial charge in [-0.15, -0.1) is 0 Å². The van der Waals surface area contributed by atoms with Gasteiger partial charge in [0.2, 0.25) is 0 Å². The number of amides is 1. The second-order valence-electron chi connectivity index (χ2n) is 3.06. The molecule has 0 atom stereocenters. The molecule has 1 saturated heterocycles. The van der Waals surface area contributed by atoms with Gasteiger partial charge in [-0.3, -0.25) is 4.79 Å². The highest BCUT2D eigenvalue weighted by Crippen LogP contribution is 2.20. The van der Waals surface area contributed by atoms with Crippen molar-refractivity contribution in [3.8, 4) is 5.75 Å². The molecule has 16 heavy (non-hydrogen) atoms. The second kappa shape index (κ2) is 4.63. The van der Waals surface area contributed by atoms with Crippen molar-refractivity contribution >= 4 is 40.4 Å². The van der Waals surface area contributed by atoms with Crippen LogP contribution in [0.15, 0.2) is 29.4 Å². The summed E-state index contributed by atoms with van der Waals surface area (Å²) in [4.78, 5) is 11.3. The van der Waals surface area contributed by atoms with Crippen LogP contribution in [0, 0.1) is 0 Å². The van der Waals surface area contributed by atoms with Crippen LogP contribution in [0.3, 0.4) is 0 Å². The highest BCUT2D eigenvalue weighted by molar-refractivity contribution is 8.23. The molecule has 0 spiro atoms. The molecule has 0 aromatic heterocycles. The van der Waals surface area contributed by atoms with Crippen LogP contribution in [0.25, 0.3) is 0 Å². The molecule has 1 aliphatic rings. The maximum Gasteiger partial charge on any atom is 0.259 e. The van der Waals surface area contributed by atoms with E-state index in [0.29, 0.717) is 15.6 Å². The monoisotopic (exact) mass is 252 g/mol. The van der Waals surface area contributed by atoms with E-state index in [1.165, 1.54) is 23.0 Å². The topological polar surface area (TPSA) is 52.9 Å². The van der Waals surface area contributed by atoms with Gasteiger partial charge in [-0.2, -0.15) is 10.1 Å². The lowest BCUT2D eigenvalue weighted by atomic mass is 10.2. The molecule has 0 bridgehead atoms. The fraction of sp³-hybridized carbons (Fsp3) is 0.100. The van der Waals surface area contributed by atoms with Crippen LogP contribution in [0.4, 0.5) is 0 Å². The van der Waals surface area contributed by atoms with Crippen molar-refractivity contribution in [1.29, 1.82) is 0 Å². The normalized spacial score (nSPS) is 16.4. The van der Waals surface area contributed by atoms with Crippen molar-refractivity contribution in [3.05, 3.63) is 29.8 Å². The summed E-state index contributed by atoms with van der Waals surface area (Å²) in [5, 5.41) is 14.6. The first kappa shape index (κ1) is 11.1. The summed E-state index contributed by atoms with van der Waals surface area (Å²) in [5.74, 6) is 0.315. The number of hydrogen-bond donors (Lipinski definition) is 1. The quantitative estimate of drug-likeness (QED) is 0.641. The molecular formula is C10H8N2O2S2. The first-order chi connectivity index (χ1) is 7.68. The molecule has 2 rings (SSSR count). The largest absolute Gasteiger partial charge is 0.507 e. The number of nitrogens with zero attached hydrogens (tertiary/aromatic N) is 2. The van der Waals surface area contributed by atoms with Crippen LogP contribution >= 0.6 is 24.0 Å². The minimum absolute atomic E-state index is 0.122. The Labute approximate surface area is 102 Å². The van der Waals surface area contributed by atoms with E-state index in [1.54, 1.807) is 24.3 Å². The van der Waals surface area contributed by atoms with Gasteiger partial charge < -0.3 is 5.11 Å². The van der Waals surface area contributed by atoms with Crippen LogP contribution in [-0.4, -0.2) is 32.3 Å². The van der Waals surface area contributed by atoms with Crippen LogP contribution in [0.1, 0.15) is 5.56 Å². The third-order valence-corrected chi connectivity index (χ3v) is 3.32. The molecule has 0 unspecified atom stereocenters. The molecule has 6 heteroatoms. The summed E-state index contributed by atoms with van der Waals surface area (Å²) < 4.78 is 0.441. The molecule has 1 aromatic carbocycles. The third kappa shape index (κ3) is 2.23. The van der Waals surface area contributed by atoms with Crippen molar-refractivity contribution < 1.29 is 9.90 Å². The average Bonchev–Trinajstić information content (AvgIpc) is 2.58. The van der Waals surface area contributed by atoms with E-state index in [9.17, 15) is 9.90 Å². The maximum absolute atomic E-state index is 11.3. The number of carbonyl (C=O) groups is 1. The van der Waals surface area contributed by atoms with Gasteiger partial charge in [0.05, 0.1) is 12.0 Å². The molecule has 82 valence electrons. The highest BCUT2D eigenvalue weighted by Gasteiger charge is 2.25. The summed E-state index contributed by atoms with van der Waals surface area (Å²) in [6.45, 7) is 0. The standard InChI is InChI=1S/C10H8N2O2S2/c13-8-4-2-1-3-7(8)5-11-12-9(14)6-16-10(12)15/h1-5,13H,6H2/b11-5+. The lowest BCUT2D eigenvalue weighted by molar-refractivity contribution is -0.123. The number of phenolic OH excluding ortho intramolecular Hbond substituents is 1. The number of thioether (sulfide) groups is 1. The van der Waals surface area contributed by atoms with Gasteiger partial charge in [0, 0.05) is 5.56 Å². The number of carbonyl (C=O) groups excluding carboxylic acids is 1. The van der Waals surface area contributed by atoms with E-state index >= 15 is 0 Å².